The van der Waals surface area contributed by atoms with Gasteiger partial charge in [0.2, 0.25) is 0 Å². The lowest BCUT2D eigenvalue weighted by Crippen LogP contribution is -2.29. The number of aromatic nitrogens is 1. The number of fused-ring (bicyclic) bond motifs is 3. The maximum atomic E-state index is 11.0. The van der Waals surface area contributed by atoms with Crippen LogP contribution in [0.25, 0.3) is 22.4 Å². The van der Waals surface area contributed by atoms with Crippen LogP contribution in [0.15, 0.2) is 58.9 Å². The lowest BCUT2D eigenvalue weighted by atomic mass is 9.92. The number of rotatable bonds is 4. The Balaban J connectivity index is 2.09. The Morgan fingerprint density at radius 2 is 1.76 bits per heavy atom. The normalized spacial score (nSPS) is 12.5. The second-order valence-electron chi connectivity index (χ2n) is 6.57. The van der Waals surface area contributed by atoms with Crippen molar-refractivity contribution in [2.45, 2.75) is 13.0 Å². The monoisotopic (exact) mass is 386 g/mol. The summed E-state index contributed by atoms with van der Waals surface area (Å²) in [6.07, 6.45) is 0.699. The van der Waals surface area contributed by atoms with Crippen LogP contribution in [0, 0.1) is 16.2 Å². The van der Waals surface area contributed by atoms with Gasteiger partial charge in [-0.15, -0.1) is 4.91 Å². The molecule has 3 aromatic rings. The minimum atomic E-state index is 0.263. The minimum Gasteiger partial charge on any atom is -0.493 e. The summed E-state index contributed by atoms with van der Waals surface area (Å²) in [5.74, 6) is 1.27. The molecular weight excluding hydrogens is 368 g/mol. The van der Waals surface area contributed by atoms with Crippen molar-refractivity contribution in [2.24, 2.45) is 10.4 Å². The highest BCUT2D eigenvalue weighted by Crippen LogP contribution is 2.39. The maximum absolute atomic E-state index is 11.0. The molecule has 0 fully saturated rings. The van der Waals surface area contributed by atoms with Gasteiger partial charge in [-0.1, -0.05) is 35.4 Å². The van der Waals surface area contributed by atoms with Gasteiger partial charge in [-0.05, 0) is 35.7 Å². The van der Waals surface area contributed by atoms with E-state index in [4.69, 9.17) is 9.47 Å². The Morgan fingerprint density at radius 1 is 1.03 bits per heavy atom. The number of nitrogens with zero attached hydrogens (tertiary/aromatic N) is 4. The molecule has 0 bridgehead atoms. The molecule has 0 spiro atoms. The highest BCUT2D eigenvalue weighted by molar-refractivity contribution is 5.78. The van der Waals surface area contributed by atoms with Gasteiger partial charge in [0.15, 0.2) is 17.0 Å². The summed E-state index contributed by atoms with van der Waals surface area (Å²) in [4.78, 5) is 11.0. The number of aryl methyl sites for hydroxylation is 1. The molecule has 7 heteroatoms. The Kier molecular flexibility index (Phi) is 4.83. The van der Waals surface area contributed by atoms with Gasteiger partial charge < -0.3 is 14.0 Å². The van der Waals surface area contributed by atoms with Crippen molar-refractivity contribution in [1.29, 1.82) is 5.26 Å². The molecule has 0 N–H and O–H groups in total. The van der Waals surface area contributed by atoms with Gasteiger partial charge in [-0.3, -0.25) is 0 Å². The van der Waals surface area contributed by atoms with Crippen LogP contribution in [0.5, 0.6) is 11.5 Å². The quantitative estimate of drug-likeness (QED) is 0.503. The number of nitroso groups, excluding NO2 is 1. The van der Waals surface area contributed by atoms with Gasteiger partial charge >= 0.3 is 0 Å². The predicted molar refractivity (Wildman–Crippen MR) is 108 cm³/mol. The fourth-order valence-corrected chi connectivity index (χ4v) is 3.80. The van der Waals surface area contributed by atoms with Gasteiger partial charge in [-0.25, -0.2) is 0 Å². The number of ether oxygens (including phenoxy) is 2. The molecule has 0 aliphatic carbocycles. The van der Waals surface area contributed by atoms with E-state index < -0.39 is 0 Å². The summed E-state index contributed by atoms with van der Waals surface area (Å²) in [6, 6.07) is 17.6. The maximum Gasteiger partial charge on any atom is 0.177 e. The summed E-state index contributed by atoms with van der Waals surface area (Å²) < 4.78 is 12.8. The molecule has 7 nitrogen and oxygen atoms in total. The largest absolute Gasteiger partial charge is 0.493 e. The average Bonchev–Trinajstić information content (AvgIpc) is 2.78. The van der Waals surface area contributed by atoms with E-state index in [2.05, 4.69) is 16.5 Å². The Hall–Kier alpha value is -3.92. The van der Waals surface area contributed by atoms with E-state index in [0.29, 0.717) is 35.6 Å². The van der Waals surface area contributed by atoms with Crippen molar-refractivity contribution in [2.75, 3.05) is 14.2 Å². The number of pyridine rings is 1. The Morgan fingerprint density at radius 3 is 2.41 bits per heavy atom. The standard InChI is InChI=1S/C22H18N4O3/c1-28-20-10-15-8-9-26-19(17(15)12-21(20)29-2)11-16(14-6-4-3-5-7-14)18(13-23)22(26)24-25-27/h3-7,10-12H,8-9H2,1-2H3/b24-22-. The summed E-state index contributed by atoms with van der Waals surface area (Å²) in [5, 5.41) is 16.3. The van der Waals surface area contributed by atoms with E-state index in [0.717, 1.165) is 22.4 Å². The third-order valence-corrected chi connectivity index (χ3v) is 5.14. The van der Waals surface area contributed by atoms with Crippen molar-refractivity contribution < 1.29 is 9.47 Å². The van der Waals surface area contributed by atoms with Gasteiger partial charge in [0.25, 0.3) is 0 Å². The van der Waals surface area contributed by atoms with E-state index in [-0.39, 0.29) is 5.49 Å². The molecule has 1 aromatic heterocycles. The lowest BCUT2D eigenvalue weighted by molar-refractivity contribution is 0.354. The zero-order chi connectivity index (χ0) is 20.4. The number of hydrogen-bond donors (Lipinski definition) is 0. The number of nitriles is 1. The zero-order valence-corrected chi connectivity index (χ0v) is 16.0. The third kappa shape index (κ3) is 3.05. The molecule has 2 aromatic carbocycles. The van der Waals surface area contributed by atoms with Gasteiger partial charge in [0.05, 0.1) is 25.2 Å². The molecule has 4 rings (SSSR count). The van der Waals surface area contributed by atoms with Crippen LogP contribution in [-0.4, -0.2) is 18.8 Å². The second kappa shape index (κ2) is 7.60. The van der Waals surface area contributed by atoms with E-state index in [1.54, 1.807) is 14.2 Å². The topological polar surface area (TPSA) is 89.0 Å². The van der Waals surface area contributed by atoms with E-state index in [1.807, 2.05) is 53.1 Å². The first kappa shape index (κ1) is 18.4. The molecule has 0 radical (unpaired) electrons. The number of benzene rings is 2. The smallest absolute Gasteiger partial charge is 0.177 e. The summed E-state index contributed by atoms with van der Waals surface area (Å²) in [7, 11) is 3.20. The van der Waals surface area contributed by atoms with E-state index in [9.17, 15) is 10.2 Å². The van der Waals surface area contributed by atoms with Gasteiger partial charge in [-0.2, -0.15) is 5.26 Å². The van der Waals surface area contributed by atoms with Crippen LogP contribution in [0.2, 0.25) is 0 Å². The molecule has 0 amide bonds. The minimum absolute atomic E-state index is 0.263. The summed E-state index contributed by atoms with van der Waals surface area (Å²) >= 11 is 0. The molecule has 144 valence electrons. The molecular formula is C22H18N4O3. The Labute approximate surface area is 167 Å². The van der Waals surface area contributed by atoms with Crippen LogP contribution in [-0.2, 0) is 13.0 Å². The Bertz CT molecular complexity index is 1210. The van der Waals surface area contributed by atoms with Crippen LogP contribution < -0.4 is 15.0 Å². The van der Waals surface area contributed by atoms with Crippen molar-refractivity contribution in [3.05, 3.63) is 70.1 Å². The van der Waals surface area contributed by atoms with Crippen LogP contribution in [0.4, 0.5) is 0 Å². The SMILES string of the molecule is COc1cc2c(cc1OC)-c1cc(-c3ccccc3)c(C#N)/c(=N/N=O)n1CC2. The molecule has 0 saturated heterocycles. The molecule has 0 saturated carbocycles. The van der Waals surface area contributed by atoms with Crippen molar-refractivity contribution in [1.82, 2.24) is 4.57 Å². The highest BCUT2D eigenvalue weighted by atomic mass is 16.5. The molecule has 1 aliphatic heterocycles. The second-order valence-corrected chi connectivity index (χ2v) is 6.57. The number of methoxy groups -OCH3 is 2. The summed E-state index contributed by atoms with van der Waals surface area (Å²) in [5.41, 5.74) is 5.02. The van der Waals surface area contributed by atoms with Crippen molar-refractivity contribution >= 4 is 0 Å². The first-order valence-electron chi connectivity index (χ1n) is 9.06. The molecule has 1 aliphatic rings. The lowest BCUT2D eigenvalue weighted by Gasteiger charge is -2.25. The fourth-order valence-electron chi connectivity index (χ4n) is 3.80. The molecule has 29 heavy (non-hydrogen) atoms. The van der Waals surface area contributed by atoms with E-state index in [1.165, 1.54) is 0 Å². The van der Waals surface area contributed by atoms with E-state index >= 15 is 0 Å². The van der Waals surface area contributed by atoms with Crippen molar-refractivity contribution in [3.63, 3.8) is 0 Å². The number of hydrogen-bond acceptors (Lipinski definition) is 5. The molecule has 0 atom stereocenters. The first-order chi connectivity index (χ1) is 14.2. The highest BCUT2D eigenvalue weighted by Gasteiger charge is 2.23. The van der Waals surface area contributed by atoms with Crippen molar-refractivity contribution in [3.8, 4) is 40.0 Å². The summed E-state index contributed by atoms with van der Waals surface area (Å²) in [6.45, 7) is 0.565. The van der Waals surface area contributed by atoms with Crippen LogP contribution in [0.3, 0.4) is 0 Å². The fraction of sp³-hybridized carbons (Fsp3) is 0.182. The zero-order valence-electron chi connectivity index (χ0n) is 16.0. The molecule has 0 unspecified atom stereocenters. The average molecular weight is 386 g/mol. The van der Waals surface area contributed by atoms with Crippen LogP contribution >= 0.6 is 0 Å². The molecule has 2 heterocycles. The van der Waals surface area contributed by atoms with Gasteiger partial charge in [0.1, 0.15) is 11.6 Å². The van der Waals surface area contributed by atoms with Gasteiger partial charge in [0, 0.05) is 17.7 Å². The van der Waals surface area contributed by atoms with Crippen LogP contribution in [0.1, 0.15) is 11.1 Å². The first-order valence-corrected chi connectivity index (χ1v) is 9.06. The predicted octanol–water partition coefficient (Wildman–Crippen LogP) is 3.85. The third-order valence-electron chi connectivity index (χ3n) is 5.14.